The fourth-order valence-corrected chi connectivity index (χ4v) is 3.73. The van der Waals surface area contributed by atoms with Crippen LogP contribution in [0.4, 0.5) is 0 Å². The summed E-state index contributed by atoms with van der Waals surface area (Å²) in [5.41, 5.74) is 0. The maximum absolute atomic E-state index is 12.3. The SMILES string of the molecule is COc1ccc(S(=O)(=O)CCNC(=O)c2cccs2)cc1OC. The lowest BCUT2D eigenvalue weighted by Gasteiger charge is -2.10. The van der Waals surface area contributed by atoms with Crippen LogP contribution in [-0.4, -0.2) is 40.8 Å². The number of carbonyl (C=O) groups excluding carboxylic acids is 1. The second kappa shape index (κ2) is 7.47. The van der Waals surface area contributed by atoms with E-state index in [-0.39, 0.29) is 23.1 Å². The normalized spacial score (nSPS) is 11.0. The van der Waals surface area contributed by atoms with Gasteiger partial charge >= 0.3 is 0 Å². The molecule has 1 amide bonds. The number of nitrogens with one attached hydrogen (secondary N) is 1. The van der Waals surface area contributed by atoms with E-state index in [0.717, 1.165) is 0 Å². The van der Waals surface area contributed by atoms with Crippen LogP contribution in [0.1, 0.15) is 9.67 Å². The molecule has 0 radical (unpaired) electrons. The molecule has 8 heteroatoms. The van der Waals surface area contributed by atoms with E-state index in [9.17, 15) is 13.2 Å². The molecule has 0 atom stereocenters. The summed E-state index contributed by atoms with van der Waals surface area (Å²) in [7, 11) is -0.611. The zero-order valence-corrected chi connectivity index (χ0v) is 14.4. The van der Waals surface area contributed by atoms with E-state index in [1.165, 1.54) is 43.8 Å². The highest BCUT2D eigenvalue weighted by atomic mass is 32.2. The molecule has 1 aromatic carbocycles. The van der Waals surface area contributed by atoms with Gasteiger partial charge in [-0.3, -0.25) is 4.79 Å². The van der Waals surface area contributed by atoms with E-state index in [4.69, 9.17) is 9.47 Å². The summed E-state index contributed by atoms with van der Waals surface area (Å²) in [6.45, 7) is 0.0351. The van der Waals surface area contributed by atoms with E-state index >= 15 is 0 Å². The number of carbonyl (C=O) groups is 1. The van der Waals surface area contributed by atoms with Gasteiger partial charge in [-0.2, -0.15) is 0 Å². The number of thiophene rings is 1. The van der Waals surface area contributed by atoms with Crippen LogP contribution in [0, 0.1) is 0 Å². The molecular formula is C15H17NO5S2. The highest BCUT2D eigenvalue weighted by Gasteiger charge is 2.18. The van der Waals surface area contributed by atoms with Gasteiger partial charge in [0.15, 0.2) is 21.3 Å². The molecule has 2 aromatic rings. The standard InChI is InChI=1S/C15H17NO5S2/c1-20-12-6-5-11(10-13(12)21-2)23(18,19)9-7-16-15(17)14-4-3-8-22-14/h3-6,8,10H,7,9H2,1-2H3,(H,16,17). The number of methoxy groups -OCH3 is 2. The van der Waals surface area contributed by atoms with Gasteiger partial charge in [-0.15, -0.1) is 11.3 Å². The van der Waals surface area contributed by atoms with Gasteiger partial charge in [-0.1, -0.05) is 6.07 Å². The van der Waals surface area contributed by atoms with Crippen LogP contribution in [0.25, 0.3) is 0 Å². The topological polar surface area (TPSA) is 81.7 Å². The Hall–Kier alpha value is -2.06. The summed E-state index contributed by atoms with van der Waals surface area (Å²) in [4.78, 5) is 12.5. The maximum Gasteiger partial charge on any atom is 0.261 e. The van der Waals surface area contributed by atoms with Crippen molar-refractivity contribution in [2.75, 3.05) is 26.5 Å². The van der Waals surface area contributed by atoms with Crippen molar-refractivity contribution in [3.63, 3.8) is 0 Å². The number of rotatable bonds is 7. The average molecular weight is 355 g/mol. The molecule has 0 aliphatic carbocycles. The minimum atomic E-state index is -3.53. The average Bonchev–Trinajstić information content (AvgIpc) is 3.08. The predicted molar refractivity (Wildman–Crippen MR) is 88.3 cm³/mol. The van der Waals surface area contributed by atoms with Crippen LogP contribution in [0.15, 0.2) is 40.6 Å². The summed E-state index contributed by atoms with van der Waals surface area (Å²) in [6.07, 6.45) is 0. The van der Waals surface area contributed by atoms with Crippen LogP contribution in [0.3, 0.4) is 0 Å². The third kappa shape index (κ3) is 4.23. The van der Waals surface area contributed by atoms with E-state index in [2.05, 4.69) is 5.32 Å². The summed E-state index contributed by atoms with van der Waals surface area (Å²) in [6, 6.07) is 7.85. The molecule has 2 rings (SSSR count). The fourth-order valence-electron chi connectivity index (χ4n) is 1.92. The molecule has 0 bridgehead atoms. The first kappa shape index (κ1) is 17.3. The molecule has 0 saturated carbocycles. The number of amides is 1. The molecule has 1 heterocycles. The summed E-state index contributed by atoms with van der Waals surface area (Å²) in [5, 5.41) is 4.39. The number of sulfone groups is 1. The number of hydrogen-bond acceptors (Lipinski definition) is 6. The molecule has 6 nitrogen and oxygen atoms in total. The monoisotopic (exact) mass is 355 g/mol. The lowest BCUT2D eigenvalue weighted by molar-refractivity contribution is 0.0960. The molecule has 0 fully saturated rings. The molecular weight excluding hydrogens is 338 g/mol. The van der Waals surface area contributed by atoms with Crippen LogP contribution >= 0.6 is 11.3 Å². The van der Waals surface area contributed by atoms with Gasteiger partial charge in [0.05, 0.1) is 29.7 Å². The van der Waals surface area contributed by atoms with Crippen LogP contribution < -0.4 is 14.8 Å². The molecule has 0 spiro atoms. The number of hydrogen-bond donors (Lipinski definition) is 1. The Morgan fingerprint density at radius 2 is 1.91 bits per heavy atom. The Morgan fingerprint density at radius 1 is 1.17 bits per heavy atom. The van der Waals surface area contributed by atoms with Crippen molar-refractivity contribution < 1.29 is 22.7 Å². The zero-order chi connectivity index (χ0) is 16.9. The molecule has 0 unspecified atom stereocenters. The second-order valence-corrected chi connectivity index (χ2v) is 7.63. The molecule has 1 aromatic heterocycles. The molecule has 0 aliphatic heterocycles. The number of benzene rings is 1. The largest absolute Gasteiger partial charge is 0.493 e. The quantitative estimate of drug-likeness (QED) is 0.821. The Morgan fingerprint density at radius 3 is 2.52 bits per heavy atom. The first-order valence-electron chi connectivity index (χ1n) is 6.74. The van der Waals surface area contributed by atoms with Gasteiger partial charge in [-0.05, 0) is 23.6 Å². The Balaban J connectivity index is 2.03. The molecule has 1 N–H and O–H groups in total. The molecule has 124 valence electrons. The predicted octanol–water partition coefficient (Wildman–Crippen LogP) is 1.97. The molecule has 0 aliphatic rings. The van der Waals surface area contributed by atoms with Crippen molar-refractivity contribution in [1.82, 2.24) is 5.32 Å². The molecule has 23 heavy (non-hydrogen) atoms. The van der Waals surface area contributed by atoms with E-state index in [1.807, 2.05) is 0 Å². The third-order valence-electron chi connectivity index (χ3n) is 3.12. The first-order valence-corrected chi connectivity index (χ1v) is 9.27. The van der Waals surface area contributed by atoms with Gasteiger partial charge in [0.25, 0.3) is 5.91 Å². The van der Waals surface area contributed by atoms with Crippen molar-refractivity contribution in [1.29, 1.82) is 0 Å². The van der Waals surface area contributed by atoms with Crippen LogP contribution in [-0.2, 0) is 9.84 Å². The Labute approximate surface area is 139 Å². The van der Waals surface area contributed by atoms with E-state index in [0.29, 0.717) is 16.4 Å². The van der Waals surface area contributed by atoms with Crippen LogP contribution in [0.5, 0.6) is 11.5 Å². The van der Waals surface area contributed by atoms with Crippen molar-refractivity contribution in [3.8, 4) is 11.5 Å². The fraction of sp³-hybridized carbons (Fsp3) is 0.267. The summed E-state index contributed by atoms with van der Waals surface area (Å²) in [5.74, 6) is 0.329. The van der Waals surface area contributed by atoms with Gasteiger partial charge in [-0.25, -0.2) is 8.42 Å². The second-order valence-electron chi connectivity index (χ2n) is 4.57. The smallest absolute Gasteiger partial charge is 0.261 e. The van der Waals surface area contributed by atoms with Crippen molar-refractivity contribution in [2.45, 2.75) is 4.90 Å². The van der Waals surface area contributed by atoms with E-state index in [1.54, 1.807) is 17.5 Å². The number of ether oxygens (including phenoxy) is 2. The highest BCUT2D eigenvalue weighted by Crippen LogP contribution is 2.29. The lowest BCUT2D eigenvalue weighted by atomic mass is 10.3. The zero-order valence-electron chi connectivity index (χ0n) is 12.7. The van der Waals surface area contributed by atoms with Gasteiger partial charge in [0.2, 0.25) is 0 Å². The summed E-state index contributed by atoms with van der Waals surface area (Å²) >= 11 is 1.30. The summed E-state index contributed by atoms with van der Waals surface area (Å²) < 4.78 is 34.8. The van der Waals surface area contributed by atoms with Crippen molar-refractivity contribution in [2.24, 2.45) is 0 Å². The minimum Gasteiger partial charge on any atom is -0.493 e. The highest BCUT2D eigenvalue weighted by molar-refractivity contribution is 7.91. The first-order chi connectivity index (χ1) is 11.0. The Kier molecular flexibility index (Phi) is 5.62. The Bertz CT molecular complexity index is 769. The molecule has 0 saturated heterocycles. The van der Waals surface area contributed by atoms with Crippen molar-refractivity contribution >= 4 is 27.1 Å². The van der Waals surface area contributed by atoms with Gasteiger partial charge < -0.3 is 14.8 Å². The van der Waals surface area contributed by atoms with Gasteiger partial charge in [0, 0.05) is 12.6 Å². The van der Waals surface area contributed by atoms with Crippen molar-refractivity contribution in [3.05, 3.63) is 40.6 Å². The van der Waals surface area contributed by atoms with Crippen LogP contribution in [0.2, 0.25) is 0 Å². The minimum absolute atomic E-state index is 0.0351. The maximum atomic E-state index is 12.3. The third-order valence-corrected chi connectivity index (χ3v) is 5.70. The van der Waals surface area contributed by atoms with E-state index < -0.39 is 9.84 Å². The lowest BCUT2D eigenvalue weighted by Crippen LogP contribution is -2.28. The van der Waals surface area contributed by atoms with Gasteiger partial charge in [0.1, 0.15) is 0 Å².